The van der Waals surface area contributed by atoms with Gasteiger partial charge >= 0.3 is 5.97 Å². The van der Waals surface area contributed by atoms with Crippen LogP contribution in [0.1, 0.15) is 20.8 Å². The first-order chi connectivity index (χ1) is 5.09. The lowest BCUT2D eigenvalue weighted by molar-refractivity contribution is -0.271. The van der Waals surface area contributed by atoms with Crippen molar-refractivity contribution < 1.29 is 14.6 Å². The average molecular weight is 161 g/mol. The minimum atomic E-state index is -0.596. The van der Waals surface area contributed by atoms with Crippen molar-refractivity contribution in [3.05, 3.63) is 0 Å². The highest BCUT2D eigenvalue weighted by Gasteiger charge is 2.19. The minimum absolute atomic E-state index is 0.0722. The molecule has 0 unspecified atom stereocenters. The molecular weight excluding hydrogens is 146 g/mol. The molecule has 0 saturated carbocycles. The zero-order valence-corrected chi connectivity index (χ0v) is 7.16. The second-order valence-corrected chi connectivity index (χ2v) is 2.58. The zero-order chi connectivity index (χ0) is 8.85. The van der Waals surface area contributed by atoms with Crippen LogP contribution in [-0.2, 0) is 14.6 Å². The molecule has 0 aliphatic heterocycles. The fraction of sp³-hybridized carbons (Fsp3) is 0.857. The van der Waals surface area contributed by atoms with E-state index in [1.165, 1.54) is 0 Å². The van der Waals surface area contributed by atoms with Gasteiger partial charge in [-0.15, -0.1) is 0 Å². The quantitative estimate of drug-likeness (QED) is 0.480. The van der Waals surface area contributed by atoms with E-state index >= 15 is 0 Å². The number of nitrogens with two attached hydrogens (primary N) is 1. The van der Waals surface area contributed by atoms with E-state index in [-0.39, 0.29) is 5.92 Å². The molecule has 0 amide bonds. The van der Waals surface area contributed by atoms with Crippen molar-refractivity contribution in [2.45, 2.75) is 26.8 Å². The number of hydrogen-bond donors (Lipinski definition) is 1. The summed E-state index contributed by atoms with van der Waals surface area (Å²) in [5, 5.41) is 0. The van der Waals surface area contributed by atoms with Gasteiger partial charge in [0.25, 0.3) is 0 Å². The highest BCUT2D eigenvalue weighted by atomic mass is 17.2. The molecule has 0 bridgehead atoms. The summed E-state index contributed by atoms with van der Waals surface area (Å²) in [5.41, 5.74) is 5.45. The average Bonchev–Trinajstić information content (AvgIpc) is 1.98. The molecule has 0 aliphatic rings. The van der Waals surface area contributed by atoms with Crippen LogP contribution in [0, 0.1) is 5.92 Å². The van der Waals surface area contributed by atoms with E-state index in [9.17, 15) is 4.79 Å². The largest absolute Gasteiger partial charge is 0.359 e. The van der Waals surface area contributed by atoms with Gasteiger partial charge in [0.2, 0.25) is 0 Å². The molecule has 0 heterocycles. The summed E-state index contributed by atoms with van der Waals surface area (Å²) in [5.74, 6) is -0.440. The SMILES string of the molecule is CCOOC(=O)[C@@H](N)C(C)C. The molecule has 4 nitrogen and oxygen atoms in total. The summed E-state index contributed by atoms with van der Waals surface area (Å²) in [6, 6.07) is -0.596. The molecule has 66 valence electrons. The smallest absolute Gasteiger partial charge is 0.318 e. The number of hydrogen-bond acceptors (Lipinski definition) is 4. The van der Waals surface area contributed by atoms with Crippen molar-refractivity contribution in [2.75, 3.05) is 6.61 Å². The molecule has 0 aromatic heterocycles. The minimum Gasteiger partial charge on any atom is -0.318 e. The van der Waals surface area contributed by atoms with Crippen molar-refractivity contribution in [1.82, 2.24) is 0 Å². The van der Waals surface area contributed by atoms with Crippen molar-refractivity contribution in [1.29, 1.82) is 0 Å². The molecule has 0 rings (SSSR count). The number of carbonyl (C=O) groups is 1. The first-order valence-electron chi connectivity index (χ1n) is 3.68. The predicted octanol–water partition coefficient (Wildman–Crippen LogP) is 0.464. The van der Waals surface area contributed by atoms with Gasteiger partial charge in [0, 0.05) is 0 Å². The molecule has 0 aromatic rings. The maximum atomic E-state index is 10.9. The Hall–Kier alpha value is -0.610. The lowest BCUT2D eigenvalue weighted by atomic mass is 10.1. The molecule has 0 aliphatic carbocycles. The third-order valence-electron chi connectivity index (χ3n) is 1.25. The van der Waals surface area contributed by atoms with Crippen LogP contribution >= 0.6 is 0 Å². The molecule has 11 heavy (non-hydrogen) atoms. The Labute approximate surface area is 66.6 Å². The van der Waals surface area contributed by atoms with E-state index in [1.807, 2.05) is 13.8 Å². The van der Waals surface area contributed by atoms with Gasteiger partial charge in [0.15, 0.2) is 0 Å². The molecule has 0 saturated heterocycles. The highest BCUT2D eigenvalue weighted by molar-refractivity contribution is 5.75. The van der Waals surface area contributed by atoms with Crippen LogP contribution in [0.15, 0.2) is 0 Å². The summed E-state index contributed by atoms with van der Waals surface area (Å²) in [6.07, 6.45) is 0. The molecule has 0 aromatic carbocycles. The van der Waals surface area contributed by atoms with Crippen LogP contribution in [0.25, 0.3) is 0 Å². The Morgan fingerprint density at radius 2 is 2.09 bits per heavy atom. The second kappa shape index (κ2) is 5.09. The van der Waals surface area contributed by atoms with Crippen molar-refractivity contribution in [2.24, 2.45) is 11.7 Å². The maximum Gasteiger partial charge on any atom is 0.359 e. The van der Waals surface area contributed by atoms with Gasteiger partial charge < -0.3 is 5.73 Å². The van der Waals surface area contributed by atoms with Crippen molar-refractivity contribution in [3.8, 4) is 0 Å². The van der Waals surface area contributed by atoms with E-state index in [2.05, 4.69) is 9.78 Å². The monoisotopic (exact) mass is 161 g/mol. The summed E-state index contributed by atoms with van der Waals surface area (Å²) in [6.45, 7) is 5.76. The van der Waals surface area contributed by atoms with Gasteiger partial charge in [0.05, 0.1) is 6.61 Å². The molecule has 4 heteroatoms. The predicted molar refractivity (Wildman–Crippen MR) is 40.5 cm³/mol. The third-order valence-corrected chi connectivity index (χ3v) is 1.25. The van der Waals surface area contributed by atoms with Gasteiger partial charge in [0.1, 0.15) is 6.04 Å². The van der Waals surface area contributed by atoms with Gasteiger partial charge in [-0.1, -0.05) is 13.8 Å². The molecule has 0 fully saturated rings. The molecule has 2 N–H and O–H groups in total. The lowest BCUT2D eigenvalue weighted by Crippen LogP contribution is -2.36. The molecular formula is C7H15NO3. The van der Waals surface area contributed by atoms with Crippen molar-refractivity contribution >= 4 is 5.97 Å². The summed E-state index contributed by atoms with van der Waals surface area (Å²) in [7, 11) is 0. The van der Waals surface area contributed by atoms with Gasteiger partial charge in [-0.25, -0.2) is 4.79 Å². The molecule has 1 atom stereocenters. The van der Waals surface area contributed by atoms with Crippen LogP contribution in [0.5, 0.6) is 0 Å². The highest BCUT2D eigenvalue weighted by Crippen LogP contribution is 2.00. The van der Waals surface area contributed by atoms with E-state index < -0.39 is 12.0 Å². The maximum absolute atomic E-state index is 10.9. The lowest BCUT2D eigenvalue weighted by Gasteiger charge is -2.12. The van der Waals surface area contributed by atoms with Crippen LogP contribution in [0.4, 0.5) is 0 Å². The Kier molecular flexibility index (Phi) is 4.81. The second-order valence-electron chi connectivity index (χ2n) is 2.58. The van der Waals surface area contributed by atoms with Gasteiger partial charge in [-0.05, 0) is 12.8 Å². The van der Waals surface area contributed by atoms with E-state index in [0.29, 0.717) is 6.61 Å². The zero-order valence-electron chi connectivity index (χ0n) is 7.16. The summed E-state index contributed by atoms with van der Waals surface area (Å²) >= 11 is 0. The molecule has 0 radical (unpaired) electrons. The Morgan fingerprint density at radius 1 is 1.55 bits per heavy atom. The van der Waals surface area contributed by atoms with Gasteiger partial charge in [-0.3, -0.25) is 4.89 Å². The number of carbonyl (C=O) groups excluding carboxylic acids is 1. The van der Waals surface area contributed by atoms with Crippen LogP contribution in [0.2, 0.25) is 0 Å². The Morgan fingerprint density at radius 3 is 2.45 bits per heavy atom. The summed E-state index contributed by atoms with van der Waals surface area (Å²) in [4.78, 5) is 19.7. The van der Waals surface area contributed by atoms with Crippen LogP contribution in [0.3, 0.4) is 0 Å². The topological polar surface area (TPSA) is 61.5 Å². The standard InChI is InChI=1S/C7H15NO3/c1-4-10-11-7(9)6(8)5(2)3/h5-6H,4,8H2,1-3H3/t6-/m0/s1. The third kappa shape index (κ3) is 3.95. The van der Waals surface area contributed by atoms with Gasteiger partial charge in [-0.2, -0.15) is 4.89 Å². The summed E-state index contributed by atoms with van der Waals surface area (Å²) < 4.78 is 0. The van der Waals surface area contributed by atoms with E-state index in [4.69, 9.17) is 5.73 Å². The molecule has 0 spiro atoms. The fourth-order valence-corrected chi connectivity index (χ4v) is 0.445. The first-order valence-corrected chi connectivity index (χ1v) is 3.68. The van der Waals surface area contributed by atoms with Crippen LogP contribution < -0.4 is 5.73 Å². The number of rotatable bonds is 4. The van der Waals surface area contributed by atoms with Crippen LogP contribution in [-0.4, -0.2) is 18.6 Å². The fourth-order valence-electron chi connectivity index (χ4n) is 0.445. The first kappa shape index (κ1) is 10.4. The Bertz CT molecular complexity index is 125. The normalized spacial score (nSPS) is 13.2. The Balaban J connectivity index is 3.64. The van der Waals surface area contributed by atoms with E-state index in [0.717, 1.165) is 0 Å². The van der Waals surface area contributed by atoms with Crippen molar-refractivity contribution in [3.63, 3.8) is 0 Å². The van der Waals surface area contributed by atoms with E-state index in [1.54, 1.807) is 6.92 Å².